The fraction of sp³-hybridized carbons (Fsp3) is 0.0233. The van der Waals surface area contributed by atoms with Gasteiger partial charge in [0.15, 0.2) is 0 Å². The summed E-state index contributed by atoms with van der Waals surface area (Å²) in [7, 11) is -0.840. The zero-order valence-corrected chi connectivity index (χ0v) is 28.0. The lowest BCUT2D eigenvalue weighted by Gasteiger charge is -2.29. The number of para-hydroxylation sites is 3. The molecule has 0 aromatic heterocycles. The SMILES string of the molecule is Cc1cc2c3c(c1)n(-c1ccccc1)c1ccccc1p-3c1ccc3cc1-n2c1cccc(c1)sc1cccc(c1)n3-c1ccccc1. The van der Waals surface area contributed by atoms with Gasteiger partial charge >= 0.3 is 0 Å². The van der Waals surface area contributed by atoms with E-state index in [2.05, 4.69) is 184 Å². The van der Waals surface area contributed by atoms with Crippen LogP contribution in [-0.4, -0.2) is 13.7 Å². The fourth-order valence-corrected chi connectivity index (χ4v) is 11.2. The van der Waals surface area contributed by atoms with Gasteiger partial charge in [-0.1, -0.05) is 68.2 Å². The number of aromatic nitrogens is 3. The Balaban J connectivity index is 1.51. The molecule has 1 atom stereocenters. The second-order valence-corrected chi connectivity index (χ2v) is 15.7. The van der Waals surface area contributed by atoms with E-state index in [-0.39, 0.29) is 0 Å². The second kappa shape index (κ2) is 10.7. The summed E-state index contributed by atoms with van der Waals surface area (Å²) >= 11 is 1.82. The molecule has 1 unspecified atom stereocenters. The molecule has 0 saturated carbocycles. The summed E-state index contributed by atoms with van der Waals surface area (Å²) in [6.45, 7) is 2.24. The molecule has 3 nitrogen and oxygen atoms in total. The molecule has 3 aliphatic rings. The summed E-state index contributed by atoms with van der Waals surface area (Å²) in [6, 6.07) is 60.6. The van der Waals surface area contributed by atoms with Crippen molar-refractivity contribution in [1.29, 1.82) is 0 Å². The number of nitrogens with zero attached hydrogens (tertiary/aromatic N) is 3. The average molecular weight is 652 g/mol. The fourth-order valence-electron chi connectivity index (χ4n) is 7.47. The van der Waals surface area contributed by atoms with E-state index in [1.807, 2.05) is 11.3 Å². The summed E-state index contributed by atoms with van der Waals surface area (Å²) in [5.74, 6) is 0. The third-order valence-electron chi connectivity index (χ3n) is 9.40. The van der Waals surface area contributed by atoms with E-state index in [9.17, 15) is 0 Å². The summed E-state index contributed by atoms with van der Waals surface area (Å²) in [4.78, 5) is 0. The molecule has 0 aliphatic carbocycles. The smallest absolute Gasteiger partial charge is 0.0601 e. The van der Waals surface area contributed by atoms with Crippen molar-refractivity contribution in [2.75, 3.05) is 0 Å². The van der Waals surface area contributed by atoms with Crippen molar-refractivity contribution in [1.82, 2.24) is 13.7 Å². The first-order valence-electron chi connectivity index (χ1n) is 16.3. The number of hydrogen-bond donors (Lipinski definition) is 0. The van der Waals surface area contributed by atoms with Gasteiger partial charge in [0, 0.05) is 52.9 Å². The minimum absolute atomic E-state index is 0.840. The van der Waals surface area contributed by atoms with E-state index >= 15 is 0 Å². The Kier molecular flexibility index (Phi) is 6.17. The summed E-state index contributed by atoms with van der Waals surface area (Å²) in [5, 5.41) is 4.18. The first-order valence-corrected chi connectivity index (χ1v) is 18.4. The predicted molar refractivity (Wildman–Crippen MR) is 207 cm³/mol. The highest BCUT2D eigenvalue weighted by Crippen LogP contribution is 2.59. The topological polar surface area (TPSA) is 14.8 Å². The van der Waals surface area contributed by atoms with Gasteiger partial charge in [0.2, 0.25) is 0 Å². The highest BCUT2D eigenvalue weighted by Gasteiger charge is 2.25. The molecule has 10 rings (SSSR count). The molecule has 0 saturated heterocycles. The van der Waals surface area contributed by atoms with Crippen LogP contribution in [0, 0.1) is 6.92 Å². The number of fused-ring (bicyclic) bond motifs is 10. The first kappa shape index (κ1) is 27.6. The van der Waals surface area contributed by atoms with E-state index < -0.39 is 7.53 Å². The quantitative estimate of drug-likeness (QED) is 0.131. The zero-order chi connectivity index (χ0) is 31.8. The second-order valence-electron chi connectivity index (χ2n) is 12.4. The van der Waals surface area contributed by atoms with Gasteiger partial charge in [-0.15, -0.1) is 11.3 Å². The molecule has 7 aromatic rings. The van der Waals surface area contributed by atoms with Crippen LogP contribution in [0.2, 0.25) is 0 Å². The van der Waals surface area contributed by atoms with Crippen molar-refractivity contribution in [3.63, 3.8) is 0 Å². The van der Waals surface area contributed by atoms with Crippen LogP contribution >= 0.6 is 18.9 Å². The zero-order valence-electron chi connectivity index (χ0n) is 26.3. The molecule has 0 radical (unpaired) electrons. The number of aryl methyl sites for hydroxylation is 1. The lowest BCUT2D eigenvalue weighted by atomic mass is 10.1. The number of hydrogen-bond acceptors (Lipinski definition) is 1. The van der Waals surface area contributed by atoms with Crippen LogP contribution in [0.25, 0.3) is 75.1 Å². The molecule has 6 bridgehead atoms. The van der Waals surface area contributed by atoms with Crippen molar-refractivity contribution in [2.45, 2.75) is 6.92 Å². The first-order chi connectivity index (χ1) is 23.7. The van der Waals surface area contributed by atoms with E-state index in [0.29, 0.717) is 0 Å². The van der Waals surface area contributed by atoms with E-state index in [1.54, 1.807) is 0 Å². The third kappa shape index (κ3) is 4.20. The van der Waals surface area contributed by atoms with Gasteiger partial charge in [-0.3, -0.25) is 0 Å². The maximum absolute atomic E-state index is 2.53. The van der Waals surface area contributed by atoms with Crippen LogP contribution in [0.15, 0.2) is 164 Å². The predicted octanol–water partition coefficient (Wildman–Crippen LogP) is 12.7. The van der Waals surface area contributed by atoms with Gasteiger partial charge in [0.1, 0.15) is 0 Å². The van der Waals surface area contributed by atoms with Gasteiger partial charge in [-0.25, -0.2) is 0 Å². The van der Waals surface area contributed by atoms with Crippen LogP contribution in [0.5, 0.6) is 0 Å². The standard InChI is InChI=1S/C43H30N3PS/c1-29-24-39-43-40(25-29)46-33-17-11-19-36(27-33)48-35-18-10-16-32(26-35)44(30-12-4-2-5-13-30)34-22-23-42(38(46)28-34)47(43)41-21-9-8-20-37(41)45(39)31-14-6-3-7-15-31/h2-28H,1H3. The van der Waals surface area contributed by atoms with Crippen LogP contribution in [0.1, 0.15) is 5.56 Å². The summed E-state index contributed by atoms with van der Waals surface area (Å²) in [5.41, 5.74) is 12.1. The van der Waals surface area contributed by atoms with E-state index in [0.717, 1.165) is 16.7 Å². The molecule has 0 fully saturated rings. The van der Waals surface area contributed by atoms with Gasteiger partial charge in [-0.2, -0.15) is 0 Å². The van der Waals surface area contributed by atoms with Crippen LogP contribution in [0.4, 0.5) is 0 Å². The van der Waals surface area contributed by atoms with Crippen molar-refractivity contribution >= 4 is 71.6 Å². The minimum Gasteiger partial charge on any atom is -0.310 e. The third-order valence-corrected chi connectivity index (χ3v) is 13.0. The Morgan fingerprint density at radius 1 is 0.438 bits per heavy atom. The number of benzene rings is 7. The lowest BCUT2D eigenvalue weighted by molar-refractivity contribution is 1.13. The van der Waals surface area contributed by atoms with Crippen LogP contribution in [-0.2, 0) is 0 Å². The molecule has 0 N–H and O–H groups in total. The molecule has 228 valence electrons. The molecule has 3 heterocycles. The molecule has 0 spiro atoms. The molecular formula is C43H30N3PS. The molecular weight excluding hydrogens is 622 g/mol. The van der Waals surface area contributed by atoms with Gasteiger partial charge in [-0.05, 0) is 116 Å². The maximum Gasteiger partial charge on any atom is 0.0601 e. The van der Waals surface area contributed by atoms with Crippen molar-refractivity contribution < 1.29 is 0 Å². The Hall–Kier alpha value is -5.54. The number of rotatable bonds is 2. The summed E-state index contributed by atoms with van der Waals surface area (Å²) in [6.07, 6.45) is 0. The van der Waals surface area contributed by atoms with E-state index in [4.69, 9.17) is 0 Å². The van der Waals surface area contributed by atoms with Crippen molar-refractivity contribution in [3.8, 4) is 22.4 Å². The van der Waals surface area contributed by atoms with Crippen molar-refractivity contribution in [3.05, 3.63) is 169 Å². The van der Waals surface area contributed by atoms with Crippen molar-refractivity contribution in [2.24, 2.45) is 0 Å². The van der Waals surface area contributed by atoms with E-state index in [1.165, 1.54) is 63.9 Å². The average Bonchev–Trinajstić information content (AvgIpc) is 3.12. The maximum atomic E-state index is 2.53. The molecule has 7 aromatic carbocycles. The van der Waals surface area contributed by atoms with Gasteiger partial charge < -0.3 is 13.7 Å². The molecule has 0 amide bonds. The van der Waals surface area contributed by atoms with Crippen LogP contribution in [0.3, 0.4) is 0 Å². The van der Waals surface area contributed by atoms with Gasteiger partial charge in [0.05, 0.1) is 22.2 Å². The monoisotopic (exact) mass is 651 g/mol. The summed E-state index contributed by atoms with van der Waals surface area (Å²) < 4.78 is 9.85. The van der Waals surface area contributed by atoms with Crippen LogP contribution < -0.4 is 0 Å². The normalized spacial score (nSPS) is 12.2. The Bertz CT molecular complexity index is 2840. The Morgan fingerprint density at radius 3 is 1.73 bits per heavy atom. The Labute approximate surface area is 282 Å². The molecule has 3 aliphatic heterocycles. The molecule has 5 heteroatoms. The minimum atomic E-state index is -0.840. The largest absolute Gasteiger partial charge is 0.310 e. The highest BCUT2D eigenvalue weighted by molar-refractivity contribution is 7.68. The lowest BCUT2D eigenvalue weighted by Crippen LogP contribution is -2.07. The highest BCUT2D eigenvalue weighted by atomic mass is 32.1. The molecule has 48 heavy (non-hydrogen) atoms. The Morgan fingerprint density at radius 2 is 1.02 bits per heavy atom. The van der Waals surface area contributed by atoms with Gasteiger partial charge in [0.25, 0.3) is 0 Å².